The maximum absolute atomic E-state index is 12.7. The molecule has 21 heavy (non-hydrogen) atoms. The molecule has 0 saturated carbocycles. The number of halogens is 3. The number of imidazole rings is 1. The molecule has 5 nitrogen and oxygen atoms in total. The molecule has 2 aromatic rings. The monoisotopic (exact) mass is 320 g/mol. The van der Waals surface area contributed by atoms with Gasteiger partial charge in [0.2, 0.25) is 5.82 Å². The van der Waals surface area contributed by atoms with Crippen molar-refractivity contribution in [2.24, 2.45) is 0 Å². The number of fused-ring (bicyclic) bond motifs is 1. The van der Waals surface area contributed by atoms with Crippen molar-refractivity contribution in [2.45, 2.75) is 44.1 Å². The average Bonchev–Trinajstić information content (AvgIpc) is 2.86. The van der Waals surface area contributed by atoms with E-state index in [1.165, 1.54) is 11.8 Å². The van der Waals surface area contributed by atoms with Crippen LogP contribution in [0.4, 0.5) is 13.2 Å². The number of thioether (sulfide) groups is 1. The van der Waals surface area contributed by atoms with Crippen LogP contribution >= 0.6 is 11.8 Å². The van der Waals surface area contributed by atoms with Crippen LogP contribution in [0.3, 0.4) is 0 Å². The van der Waals surface area contributed by atoms with E-state index in [-0.39, 0.29) is 11.2 Å². The molecule has 0 atom stereocenters. The van der Waals surface area contributed by atoms with Crippen LogP contribution in [0.2, 0.25) is 0 Å². The number of hydrogen-bond donors (Lipinski definition) is 1. The Morgan fingerprint density at radius 3 is 2.57 bits per heavy atom. The van der Waals surface area contributed by atoms with Gasteiger partial charge < -0.3 is 9.55 Å². The SMILES string of the molecule is CCCCCn1c(SC)nc(=O)c2[nH]c(C(F)(F)F)nc21. The number of nitrogens with zero attached hydrogens (tertiary/aromatic N) is 3. The summed E-state index contributed by atoms with van der Waals surface area (Å²) in [5, 5.41) is 0.379. The predicted octanol–water partition coefficient (Wildman–Crippen LogP) is 3.05. The van der Waals surface area contributed by atoms with Crippen molar-refractivity contribution < 1.29 is 13.2 Å². The molecular formula is C12H15F3N4OS. The van der Waals surface area contributed by atoms with Gasteiger partial charge in [0.1, 0.15) is 0 Å². The van der Waals surface area contributed by atoms with Crippen LogP contribution in [0.5, 0.6) is 0 Å². The summed E-state index contributed by atoms with van der Waals surface area (Å²) in [6, 6.07) is 0. The van der Waals surface area contributed by atoms with Gasteiger partial charge in [-0.1, -0.05) is 31.5 Å². The number of aromatic amines is 1. The lowest BCUT2D eigenvalue weighted by molar-refractivity contribution is -0.144. The Bertz CT molecular complexity index is 692. The van der Waals surface area contributed by atoms with E-state index in [0.717, 1.165) is 19.3 Å². The molecule has 0 aliphatic rings. The van der Waals surface area contributed by atoms with Crippen LogP contribution in [0, 0.1) is 0 Å². The number of H-pyrrole nitrogens is 1. The third kappa shape index (κ3) is 3.22. The lowest BCUT2D eigenvalue weighted by Crippen LogP contribution is -2.16. The second-order valence-electron chi connectivity index (χ2n) is 4.54. The van der Waals surface area contributed by atoms with Gasteiger partial charge in [0.15, 0.2) is 16.3 Å². The minimum absolute atomic E-state index is 0.0165. The van der Waals surface area contributed by atoms with E-state index < -0.39 is 17.6 Å². The largest absolute Gasteiger partial charge is 0.449 e. The van der Waals surface area contributed by atoms with Crippen molar-refractivity contribution in [3.8, 4) is 0 Å². The molecule has 1 N–H and O–H groups in total. The van der Waals surface area contributed by atoms with Crippen molar-refractivity contribution in [3.63, 3.8) is 0 Å². The summed E-state index contributed by atoms with van der Waals surface area (Å²) < 4.78 is 39.8. The van der Waals surface area contributed by atoms with Crippen LogP contribution in [-0.4, -0.2) is 25.8 Å². The summed E-state index contributed by atoms with van der Waals surface area (Å²) in [6.07, 6.45) is -0.177. The van der Waals surface area contributed by atoms with Gasteiger partial charge in [-0.15, -0.1) is 0 Å². The first-order valence-corrected chi connectivity index (χ1v) is 7.72. The van der Waals surface area contributed by atoms with E-state index in [4.69, 9.17) is 0 Å². The van der Waals surface area contributed by atoms with Crippen LogP contribution in [-0.2, 0) is 12.7 Å². The quantitative estimate of drug-likeness (QED) is 0.522. The maximum Gasteiger partial charge on any atom is 0.449 e. The van der Waals surface area contributed by atoms with Crippen LogP contribution < -0.4 is 5.56 Å². The van der Waals surface area contributed by atoms with Crippen molar-refractivity contribution in [3.05, 3.63) is 16.2 Å². The number of unbranched alkanes of at least 4 members (excludes halogenated alkanes) is 2. The maximum atomic E-state index is 12.7. The fourth-order valence-corrected chi connectivity index (χ4v) is 2.59. The molecule has 2 aromatic heterocycles. The molecule has 0 aliphatic carbocycles. The second-order valence-corrected chi connectivity index (χ2v) is 5.32. The average molecular weight is 320 g/mol. The minimum atomic E-state index is -4.62. The molecule has 0 saturated heterocycles. The van der Waals surface area contributed by atoms with E-state index in [0.29, 0.717) is 11.7 Å². The normalized spacial score (nSPS) is 12.2. The molecule has 0 aliphatic heterocycles. The molecule has 0 radical (unpaired) electrons. The van der Waals surface area contributed by atoms with Gasteiger partial charge in [0.25, 0.3) is 5.56 Å². The highest BCUT2D eigenvalue weighted by Crippen LogP contribution is 2.28. The summed E-state index contributed by atoms with van der Waals surface area (Å²) in [4.78, 5) is 21.2. The Balaban J connectivity index is 2.59. The lowest BCUT2D eigenvalue weighted by atomic mass is 10.2. The van der Waals surface area contributed by atoms with Gasteiger partial charge in [0.05, 0.1) is 0 Å². The number of aryl methyl sites for hydroxylation is 1. The Labute approximate surface area is 123 Å². The van der Waals surface area contributed by atoms with E-state index in [1.807, 2.05) is 11.9 Å². The Hall–Kier alpha value is -1.51. The van der Waals surface area contributed by atoms with E-state index >= 15 is 0 Å². The Morgan fingerprint density at radius 1 is 1.29 bits per heavy atom. The van der Waals surface area contributed by atoms with Crippen molar-refractivity contribution in [1.29, 1.82) is 0 Å². The number of hydrogen-bond acceptors (Lipinski definition) is 4. The summed E-state index contributed by atoms with van der Waals surface area (Å²) in [7, 11) is 0. The first-order valence-electron chi connectivity index (χ1n) is 6.50. The van der Waals surface area contributed by atoms with Crippen LogP contribution in [0.25, 0.3) is 11.2 Å². The van der Waals surface area contributed by atoms with E-state index in [9.17, 15) is 18.0 Å². The Kier molecular flexibility index (Phi) is 4.60. The first kappa shape index (κ1) is 15.9. The highest BCUT2D eigenvalue weighted by Gasteiger charge is 2.35. The van der Waals surface area contributed by atoms with Crippen LogP contribution in [0.1, 0.15) is 32.0 Å². The second kappa shape index (κ2) is 6.08. The number of rotatable bonds is 5. The van der Waals surface area contributed by atoms with E-state index in [2.05, 4.69) is 9.97 Å². The standard InChI is InChI=1S/C12H15F3N4OS/c1-3-4-5-6-19-8-7(9(20)18-11(19)21-2)16-10(17-8)12(13,14)15/h3-6H2,1-2H3,(H,16,17). The summed E-state index contributed by atoms with van der Waals surface area (Å²) >= 11 is 1.22. The third-order valence-electron chi connectivity index (χ3n) is 3.02. The van der Waals surface area contributed by atoms with Gasteiger partial charge in [-0.3, -0.25) is 4.79 Å². The number of alkyl halides is 3. The van der Waals surface area contributed by atoms with Gasteiger partial charge in [-0.2, -0.15) is 18.2 Å². The fraction of sp³-hybridized carbons (Fsp3) is 0.583. The predicted molar refractivity (Wildman–Crippen MR) is 74.5 cm³/mol. The molecule has 0 aromatic carbocycles. The highest BCUT2D eigenvalue weighted by molar-refractivity contribution is 7.98. The molecule has 0 bridgehead atoms. The van der Waals surface area contributed by atoms with Crippen LogP contribution in [0.15, 0.2) is 9.95 Å². The molecule has 0 spiro atoms. The molecule has 0 fully saturated rings. The van der Waals surface area contributed by atoms with Crippen molar-refractivity contribution in [1.82, 2.24) is 19.5 Å². The first-order chi connectivity index (χ1) is 9.88. The van der Waals surface area contributed by atoms with Gasteiger partial charge in [-0.25, -0.2) is 4.98 Å². The highest BCUT2D eigenvalue weighted by atomic mass is 32.2. The molecule has 2 rings (SSSR count). The van der Waals surface area contributed by atoms with Gasteiger partial charge in [-0.05, 0) is 12.7 Å². The number of aromatic nitrogens is 4. The molecule has 9 heteroatoms. The molecule has 0 unspecified atom stereocenters. The summed E-state index contributed by atoms with van der Waals surface area (Å²) in [5.74, 6) is -1.17. The number of nitrogens with one attached hydrogen (secondary N) is 1. The topological polar surface area (TPSA) is 63.6 Å². The zero-order valence-electron chi connectivity index (χ0n) is 11.6. The third-order valence-corrected chi connectivity index (χ3v) is 3.70. The molecular weight excluding hydrogens is 305 g/mol. The van der Waals surface area contributed by atoms with Crippen molar-refractivity contribution >= 4 is 22.9 Å². The fourth-order valence-electron chi connectivity index (χ4n) is 2.01. The summed E-state index contributed by atoms with van der Waals surface area (Å²) in [6.45, 7) is 2.51. The zero-order chi connectivity index (χ0) is 15.6. The zero-order valence-corrected chi connectivity index (χ0v) is 12.4. The van der Waals surface area contributed by atoms with Crippen molar-refractivity contribution in [2.75, 3.05) is 6.26 Å². The van der Waals surface area contributed by atoms with Gasteiger partial charge in [0, 0.05) is 6.54 Å². The Morgan fingerprint density at radius 2 is 2.00 bits per heavy atom. The van der Waals surface area contributed by atoms with E-state index in [1.54, 1.807) is 10.8 Å². The smallest absolute Gasteiger partial charge is 0.328 e. The van der Waals surface area contributed by atoms with Gasteiger partial charge >= 0.3 is 6.18 Å². The molecule has 2 heterocycles. The summed E-state index contributed by atoms with van der Waals surface area (Å²) in [5.41, 5.74) is -0.900. The molecule has 116 valence electrons. The lowest BCUT2D eigenvalue weighted by Gasteiger charge is -2.10. The minimum Gasteiger partial charge on any atom is -0.328 e. The molecule has 0 amide bonds.